The maximum absolute atomic E-state index is 13.8. The Morgan fingerprint density at radius 1 is 1.05 bits per heavy atom. The van der Waals surface area contributed by atoms with Crippen molar-refractivity contribution in [2.45, 2.75) is 0 Å². The summed E-state index contributed by atoms with van der Waals surface area (Å²) in [5, 5.41) is 0.814. The topological polar surface area (TPSA) is 26.3 Å². The molecule has 0 saturated heterocycles. The smallest absolute Gasteiger partial charge is 0.340 e. The maximum atomic E-state index is 13.8. The number of halogens is 3. The summed E-state index contributed by atoms with van der Waals surface area (Å²) in [5.74, 6) is -1.35. The number of carbonyl (C=O) groups excluding carboxylic acids is 1. The molecule has 0 atom stereocenters. The monoisotopic (exact) mass is 298 g/mol. The average molecular weight is 299 g/mol. The molecule has 98 valence electrons. The molecule has 2 nitrogen and oxygen atoms in total. The molecular formula is C14H9Cl2FO2. The molecular weight excluding hydrogens is 290 g/mol. The highest BCUT2D eigenvalue weighted by atomic mass is 35.5. The van der Waals surface area contributed by atoms with Gasteiger partial charge in [-0.3, -0.25) is 0 Å². The van der Waals surface area contributed by atoms with Crippen molar-refractivity contribution in [2.75, 3.05) is 7.11 Å². The molecule has 0 aliphatic heterocycles. The fourth-order valence-electron chi connectivity index (χ4n) is 1.65. The van der Waals surface area contributed by atoms with E-state index < -0.39 is 11.8 Å². The van der Waals surface area contributed by atoms with Crippen LogP contribution in [0, 0.1) is 5.82 Å². The van der Waals surface area contributed by atoms with Crippen molar-refractivity contribution in [1.29, 1.82) is 0 Å². The lowest BCUT2D eigenvalue weighted by Gasteiger charge is -2.06. The van der Waals surface area contributed by atoms with Gasteiger partial charge in [0.25, 0.3) is 0 Å². The Hall–Kier alpha value is -1.58. The Morgan fingerprint density at radius 2 is 1.68 bits per heavy atom. The molecule has 0 aliphatic rings. The number of benzene rings is 2. The van der Waals surface area contributed by atoms with Gasteiger partial charge in [0.15, 0.2) is 0 Å². The van der Waals surface area contributed by atoms with Gasteiger partial charge in [-0.25, -0.2) is 9.18 Å². The summed E-state index contributed by atoms with van der Waals surface area (Å²) in [6, 6.07) is 9.24. The summed E-state index contributed by atoms with van der Waals surface area (Å²) < 4.78 is 18.3. The van der Waals surface area contributed by atoms with Gasteiger partial charge in [0.05, 0.1) is 22.7 Å². The van der Waals surface area contributed by atoms with E-state index in [0.717, 1.165) is 0 Å². The molecule has 0 fully saturated rings. The second-order valence-electron chi connectivity index (χ2n) is 3.82. The molecule has 0 aliphatic carbocycles. The number of hydrogen-bond acceptors (Lipinski definition) is 2. The van der Waals surface area contributed by atoms with Gasteiger partial charge >= 0.3 is 5.97 Å². The highest BCUT2D eigenvalue weighted by Crippen LogP contribution is 2.29. The predicted molar refractivity (Wildman–Crippen MR) is 73.2 cm³/mol. The summed E-state index contributed by atoms with van der Waals surface area (Å²) in [7, 11) is 1.20. The summed E-state index contributed by atoms with van der Waals surface area (Å²) in [6.45, 7) is 0. The van der Waals surface area contributed by atoms with Crippen molar-refractivity contribution in [3.05, 3.63) is 57.8 Å². The second-order valence-corrected chi connectivity index (χ2v) is 4.63. The lowest BCUT2D eigenvalue weighted by Crippen LogP contribution is -2.04. The predicted octanol–water partition coefficient (Wildman–Crippen LogP) is 4.59. The Kier molecular flexibility index (Phi) is 4.08. The van der Waals surface area contributed by atoms with Crippen molar-refractivity contribution in [2.24, 2.45) is 0 Å². The molecule has 0 aromatic heterocycles. The number of esters is 1. The van der Waals surface area contributed by atoms with Gasteiger partial charge in [-0.1, -0.05) is 35.3 Å². The minimum atomic E-state index is -0.710. The molecule has 0 radical (unpaired) electrons. The van der Waals surface area contributed by atoms with E-state index >= 15 is 0 Å². The van der Waals surface area contributed by atoms with Crippen molar-refractivity contribution in [1.82, 2.24) is 0 Å². The van der Waals surface area contributed by atoms with Crippen LogP contribution < -0.4 is 0 Å². The van der Waals surface area contributed by atoms with E-state index in [0.29, 0.717) is 21.2 Å². The van der Waals surface area contributed by atoms with Gasteiger partial charge in [-0.2, -0.15) is 0 Å². The van der Waals surface area contributed by atoms with E-state index in [1.165, 1.54) is 19.2 Å². The van der Waals surface area contributed by atoms with Crippen LogP contribution in [0.4, 0.5) is 4.39 Å². The number of rotatable bonds is 2. The third-order valence-electron chi connectivity index (χ3n) is 2.63. The lowest BCUT2D eigenvalue weighted by molar-refractivity contribution is 0.0595. The summed E-state index contributed by atoms with van der Waals surface area (Å²) in [5.41, 5.74) is 1.21. The first kappa shape index (κ1) is 13.8. The number of methoxy groups -OCH3 is 1. The van der Waals surface area contributed by atoms with Crippen LogP contribution in [0.3, 0.4) is 0 Å². The van der Waals surface area contributed by atoms with Crippen LogP contribution in [-0.2, 0) is 4.74 Å². The van der Waals surface area contributed by atoms with Gasteiger partial charge in [0.1, 0.15) is 5.82 Å². The first-order valence-electron chi connectivity index (χ1n) is 5.36. The molecule has 0 amide bonds. The SMILES string of the molecule is COC(=O)c1ccc(-c2ccc(Cl)c(Cl)c2)cc1F. The van der Waals surface area contributed by atoms with E-state index in [9.17, 15) is 9.18 Å². The van der Waals surface area contributed by atoms with E-state index in [1.54, 1.807) is 24.3 Å². The molecule has 2 aromatic rings. The van der Waals surface area contributed by atoms with Gasteiger partial charge in [-0.05, 0) is 35.4 Å². The average Bonchev–Trinajstić information content (AvgIpc) is 2.41. The zero-order valence-electron chi connectivity index (χ0n) is 9.91. The standard InChI is InChI=1S/C14H9Cl2FO2/c1-19-14(18)10-4-2-9(7-13(10)17)8-3-5-11(15)12(16)6-8/h2-7H,1H3. The van der Waals surface area contributed by atoms with Crippen LogP contribution in [0.2, 0.25) is 10.0 Å². The molecule has 0 N–H and O–H groups in total. The highest BCUT2D eigenvalue weighted by molar-refractivity contribution is 6.42. The Morgan fingerprint density at radius 3 is 2.26 bits per heavy atom. The minimum absolute atomic E-state index is 0.105. The van der Waals surface area contributed by atoms with Gasteiger partial charge in [0, 0.05) is 0 Å². The third-order valence-corrected chi connectivity index (χ3v) is 3.37. The van der Waals surface area contributed by atoms with E-state index in [2.05, 4.69) is 4.74 Å². The van der Waals surface area contributed by atoms with E-state index in [1.807, 2.05) is 0 Å². The van der Waals surface area contributed by atoms with Gasteiger partial charge in [0.2, 0.25) is 0 Å². The maximum Gasteiger partial charge on any atom is 0.340 e. The summed E-state index contributed by atoms with van der Waals surface area (Å²) >= 11 is 11.7. The number of carbonyl (C=O) groups is 1. The zero-order valence-corrected chi connectivity index (χ0v) is 11.4. The van der Waals surface area contributed by atoms with Crippen LogP contribution >= 0.6 is 23.2 Å². The van der Waals surface area contributed by atoms with Crippen LogP contribution in [0.1, 0.15) is 10.4 Å². The molecule has 0 saturated carbocycles. The molecule has 2 rings (SSSR count). The Balaban J connectivity index is 2.44. The van der Waals surface area contributed by atoms with Crippen LogP contribution in [-0.4, -0.2) is 13.1 Å². The first-order chi connectivity index (χ1) is 9.02. The lowest BCUT2D eigenvalue weighted by atomic mass is 10.0. The molecule has 2 aromatic carbocycles. The second kappa shape index (κ2) is 5.59. The molecule has 0 heterocycles. The van der Waals surface area contributed by atoms with Crippen LogP contribution in [0.5, 0.6) is 0 Å². The largest absolute Gasteiger partial charge is 0.465 e. The molecule has 0 bridgehead atoms. The Labute approximate surface area is 119 Å². The fraction of sp³-hybridized carbons (Fsp3) is 0.0714. The van der Waals surface area contributed by atoms with Crippen LogP contribution in [0.25, 0.3) is 11.1 Å². The normalized spacial score (nSPS) is 10.3. The van der Waals surface area contributed by atoms with Gasteiger partial charge in [-0.15, -0.1) is 0 Å². The quantitative estimate of drug-likeness (QED) is 0.758. The highest BCUT2D eigenvalue weighted by Gasteiger charge is 2.13. The van der Waals surface area contributed by atoms with E-state index in [-0.39, 0.29) is 5.56 Å². The molecule has 19 heavy (non-hydrogen) atoms. The minimum Gasteiger partial charge on any atom is -0.465 e. The molecule has 5 heteroatoms. The van der Waals surface area contributed by atoms with Crippen molar-refractivity contribution >= 4 is 29.2 Å². The fourth-order valence-corrected chi connectivity index (χ4v) is 1.94. The van der Waals surface area contributed by atoms with Crippen LogP contribution in [0.15, 0.2) is 36.4 Å². The van der Waals surface area contributed by atoms with E-state index in [4.69, 9.17) is 23.2 Å². The first-order valence-corrected chi connectivity index (χ1v) is 6.12. The Bertz CT molecular complexity index is 641. The zero-order chi connectivity index (χ0) is 14.0. The summed E-state index contributed by atoms with van der Waals surface area (Å²) in [4.78, 5) is 11.3. The van der Waals surface area contributed by atoms with Crippen molar-refractivity contribution in [3.63, 3.8) is 0 Å². The molecule has 0 unspecified atom stereocenters. The molecule has 0 spiro atoms. The summed E-state index contributed by atoms with van der Waals surface area (Å²) in [6.07, 6.45) is 0. The van der Waals surface area contributed by atoms with Crippen molar-refractivity contribution in [3.8, 4) is 11.1 Å². The third kappa shape index (κ3) is 2.88. The van der Waals surface area contributed by atoms with Gasteiger partial charge < -0.3 is 4.74 Å². The number of hydrogen-bond donors (Lipinski definition) is 0. The van der Waals surface area contributed by atoms with Crippen molar-refractivity contribution < 1.29 is 13.9 Å². The number of ether oxygens (including phenoxy) is 1.